The van der Waals surface area contributed by atoms with Crippen LogP contribution >= 0.6 is 0 Å². The zero-order valence-corrected chi connectivity index (χ0v) is 14.4. The summed E-state index contributed by atoms with van der Waals surface area (Å²) in [6.07, 6.45) is 3.65. The maximum atomic E-state index is 12.0. The molecule has 23 heavy (non-hydrogen) atoms. The molecule has 0 unspecified atom stereocenters. The van der Waals surface area contributed by atoms with Crippen LogP contribution in [0.25, 0.3) is 0 Å². The first-order valence-corrected chi connectivity index (χ1v) is 8.35. The van der Waals surface area contributed by atoms with E-state index in [1.165, 1.54) is 0 Å². The highest BCUT2D eigenvalue weighted by atomic mass is 16.5. The number of rotatable bonds is 9. The highest BCUT2D eigenvalue weighted by molar-refractivity contribution is 6.39. The first kappa shape index (κ1) is 19.2. The van der Waals surface area contributed by atoms with Crippen LogP contribution in [-0.2, 0) is 20.7 Å². The first-order chi connectivity index (χ1) is 11.1. The Morgan fingerprint density at radius 1 is 1.09 bits per heavy atom. The molecule has 128 valence electrons. The summed E-state index contributed by atoms with van der Waals surface area (Å²) in [5.74, 6) is -1.23. The van der Waals surface area contributed by atoms with E-state index in [9.17, 15) is 9.59 Å². The SMILES string of the molecule is CCCCOCCCNC(=O)C(=O)Nc1c(C)cccc1CC. The maximum absolute atomic E-state index is 12.0. The molecule has 0 aromatic heterocycles. The fourth-order valence-electron chi connectivity index (χ4n) is 2.18. The number of carbonyl (C=O) groups excluding carboxylic acids is 2. The predicted octanol–water partition coefficient (Wildman–Crippen LogP) is 2.82. The summed E-state index contributed by atoms with van der Waals surface area (Å²) in [6, 6.07) is 5.82. The second-order valence-electron chi connectivity index (χ2n) is 5.49. The van der Waals surface area contributed by atoms with Gasteiger partial charge >= 0.3 is 11.8 Å². The molecule has 0 saturated heterocycles. The van der Waals surface area contributed by atoms with Crippen LogP contribution in [0.5, 0.6) is 0 Å². The molecule has 0 saturated carbocycles. The first-order valence-electron chi connectivity index (χ1n) is 8.35. The van der Waals surface area contributed by atoms with E-state index in [1.807, 2.05) is 32.0 Å². The number of anilines is 1. The van der Waals surface area contributed by atoms with Crippen molar-refractivity contribution >= 4 is 17.5 Å². The number of unbranched alkanes of at least 4 members (excludes halogenated alkanes) is 1. The lowest BCUT2D eigenvalue weighted by molar-refractivity contribution is -0.136. The Bertz CT molecular complexity index is 515. The van der Waals surface area contributed by atoms with Crippen molar-refractivity contribution in [2.75, 3.05) is 25.1 Å². The van der Waals surface area contributed by atoms with Crippen LogP contribution < -0.4 is 10.6 Å². The Balaban J connectivity index is 2.36. The van der Waals surface area contributed by atoms with Gasteiger partial charge in [-0.05, 0) is 37.3 Å². The van der Waals surface area contributed by atoms with Crippen molar-refractivity contribution < 1.29 is 14.3 Å². The fraction of sp³-hybridized carbons (Fsp3) is 0.556. The Labute approximate surface area is 138 Å². The fourth-order valence-corrected chi connectivity index (χ4v) is 2.18. The number of benzene rings is 1. The number of amides is 2. The zero-order valence-electron chi connectivity index (χ0n) is 14.4. The van der Waals surface area contributed by atoms with Crippen molar-refractivity contribution in [2.45, 2.75) is 46.5 Å². The Hall–Kier alpha value is -1.88. The number of hydrogen-bond acceptors (Lipinski definition) is 3. The molecule has 1 rings (SSSR count). The molecule has 0 aliphatic rings. The maximum Gasteiger partial charge on any atom is 0.313 e. The van der Waals surface area contributed by atoms with Crippen LogP contribution in [0.4, 0.5) is 5.69 Å². The molecule has 5 nitrogen and oxygen atoms in total. The minimum Gasteiger partial charge on any atom is -0.381 e. The Kier molecular flexibility index (Phi) is 8.98. The Morgan fingerprint density at radius 3 is 2.52 bits per heavy atom. The molecular formula is C18H28N2O3. The third-order valence-electron chi connectivity index (χ3n) is 3.58. The molecule has 0 aliphatic carbocycles. The van der Waals surface area contributed by atoms with Gasteiger partial charge in [-0.25, -0.2) is 0 Å². The second kappa shape index (κ2) is 10.8. The summed E-state index contributed by atoms with van der Waals surface area (Å²) < 4.78 is 5.41. The predicted molar refractivity (Wildman–Crippen MR) is 92.5 cm³/mol. The van der Waals surface area contributed by atoms with Gasteiger partial charge in [0, 0.05) is 25.4 Å². The number of hydrogen-bond donors (Lipinski definition) is 2. The van der Waals surface area contributed by atoms with Gasteiger partial charge in [0.25, 0.3) is 0 Å². The van der Waals surface area contributed by atoms with Crippen molar-refractivity contribution in [1.82, 2.24) is 5.32 Å². The topological polar surface area (TPSA) is 67.4 Å². The average molecular weight is 320 g/mol. The molecule has 1 aromatic rings. The lowest BCUT2D eigenvalue weighted by Gasteiger charge is -2.12. The van der Waals surface area contributed by atoms with Gasteiger partial charge in [0.1, 0.15) is 0 Å². The molecular weight excluding hydrogens is 292 g/mol. The lowest BCUT2D eigenvalue weighted by Crippen LogP contribution is -2.36. The summed E-state index contributed by atoms with van der Waals surface area (Å²) in [5.41, 5.74) is 2.71. The van der Waals surface area contributed by atoms with Gasteiger partial charge in [-0.1, -0.05) is 38.5 Å². The standard InChI is InChI=1S/C18H28N2O3/c1-4-6-12-23-13-8-11-19-17(21)18(22)20-16-14(3)9-7-10-15(16)5-2/h7,9-10H,4-6,8,11-13H2,1-3H3,(H,19,21)(H,20,22). The van der Waals surface area contributed by atoms with Crippen LogP contribution in [0.15, 0.2) is 18.2 Å². The molecule has 0 fully saturated rings. The molecule has 0 atom stereocenters. The van der Waals surface area contributed by atoms with E-state index < -0.39 is 11.8 Å². The van der Waals surface area contributed by atoms with Crippen molar-refractivity contribution in [3.63, 3.8) is 0 Å². The number of aryl methyl sites for hydroxylation is 2. The van der Waals surface area contributed by atoms with E-state index in [0.717, 1.165) is 42.7 Å². The van der Waals surface area contributed by atoms with Crippen molar-refractivity contribution in [1.29, 1.82) is 0 Å². The quantitative estimate of drug-likeness (QED) is 0.543. The third-order valence-corrected chi connectivity index (χ3v) is 3.58. The van der Waals surface area contributed by atoms with Gasteiger partial charge in [0.2, 0.25) is 0 Å². The van der Waals surface area contributed by atoms with Gasteiger partial charge in [-0.2, -0.15) is 0 Å². The molecule has 0 heterocycles. The molecule has 0 bridgehead atoms. The summed E-state index contributed by atoms with van der Waals surface area (Å²) in [7, 11) is 0. The van der Waals surface area contributed by atoms with Crippen molar-refractivity contribution in [3.8, 4) is 0 Å². The molecule has 2 amide bonds. The molecule has 1 aromatic carbocycles. The van der Waals surface area contributed by atoms with E-state index in [4.69, 9.17) is 4.74 Å². The number of para-hydroxylation sites is 1. The summed E-state index contributed by atoms with van der Waals surface area (Å²) >= 11 is 0. The Morgan fingerprint density at radius 2 is 1.83 bits per heavy atom. The van der Waals surface area contributed by atoms with Gasteiger partial charge in [0.15, 0.2) is 0 Å². The van der Waals surface area contributed by atoms with E-state index in [1.54, 1.807) is 0 Å². The van der Waals surface area contributed by atoms with E-state index in [0.29, 0.717) is 19.6 Å². The molecule has 2 N–H and O–H groups in total. The zero-order chi connectivity index (χ0) is 17.1. The normalized spacial score (nSPS) is 10.4. The minimum atomic E-state index is -0.624. The summed E-state index contributed by atoms with van der Waals surface area (Å²) in [4.78, 5) is 23.8. The van der Waals surface area contributed by atoms with E-state index >= 15 is 0 Å². The molecule has 5 heteroatoms. The van der Waals surface area contributed by atoms with Gasteiger partial charge in [0.05, 0.1) is 0 Å². The van der Waals surface area contributed by atoms with Gasteiger partial charge < -0.3 is 15.4 Å². The lowest BCUT2D eigenvalue weighted by atomic mass is 10.1. The molecule has 0 radical (unpaired) electrons. The highest BCUT2D eigenvalue weighted by Crippen LogP contribution is 2.20. The largest absolute Gasteiger partial charge is 0.381 e. The summed E-state index contributed by atoms with van der Waals surface area (Å²) in [6.45, 7) is 7.83. The van der Waals surface area contributed by atoms with E-state index in [2.05, 4.69) is 17.6 Å². The average Bonchev–Trinajstić information content (AvgIpc) is 2.55. The second-order valence-corrected chi connectivity index (χ2v) is 5.49. The number of ether oxygens (including phenoxy) is 1. The summed E-state index contributed by atoms with van der Waals surface area (Å²) in [5, 5.41) is 5.34. The molecule has 0 aliphatic heterocycles. The van der Waals surface area contributed by atoms with Gasteiger partial charge in [-0.3, -0.25) is 9.59 Å². The number of nitrogens with one attached hydrogen (secondary N) is 2. The smallest absolute Gasteiger partial charge is 0.313 e. The van der Waals surface area contributed by atoms with Gasteiger partial charge in [-0.15, -0.1) is 0 Å². The van der Waals surface area contributed by atoms with Crippen molar-refractivity contribution in [3.05, 3.63) is 29.3 Å². The monoisotopic (exact) mass is 320 g/mol. The van der Waals surface area contributed by atoms with Crippen LogP contribution in [0, 0.1) is 6.92 Å². The molecule has 0 spiro atoms. The van der Waals surface area contributed by atoms with E-state index in [-0.39, 0.29) is 0 Å². The number of carbonyl (C=O) groups is 2. The minimum absolute atomic E-state index is 0.437. The van der Waals surface area contributed by atoms with Crippen LogP contribution in [0.2, 0.25) is 0 Å². The van der Waals surface area contributed by atoms with Crippen LogP contribution in [0.1, 0.15) is 44.2 Å². The van der Waals surface area contributed by atoms with Crippen LogP contribution in [0.3, 0.4) is 0 Å². The third kappa shape index (κ3) is 6.82. The van der Waals surface area contributed by atoms with Crippen molar-refractivity contribution in [2.24, 2.45) is 0 Å². The highest BCUT2D eigenvalue weighted by Gasteiger charge is 2.15. The van der Waals surface area contributed by atoms with Crippen LogP contribution in [-0.4, -0.2) is 31.6 Å².